The van der Waals surface area contributed by atoms with Gasteiger partial charge in [-0.3, -0.25) is 0 Å². The molecule has 0 bridgehead atoms. The molecule has 193 valence electrons. The third kappa shape index (κ3) is 7.27. The number of hydrogen-bond acceptors (Lipinski definition) is 0. The molecule has 4 heteroatoms. The Labute approximate surface area is 245 Å². The van der Waals surface area contributed by atoms with Gasteiger partial charge in [0.2, 0.25) is 0 Å². The van der Waals surface area contributed by atoms with Gasteiger partial charge in [-0.15, -0.1) is 0 Å². The van der Waals surface area contributed by atoms with E-state index in [1.165, 1.54) is 62.1 Å². The van der Waals surface area contributed by atoms with Gasteiger partial charge < -0.3 is 24.8 Å². The van der Waals surface area contributed by atoms with E-state index >= 15 is 0 Å². The van der Waals surface area contributed by atoms with E-state index in [-0.39, 0.29) is 24.8 Å². The van der Waals surface area contributed by atoms with Crippen molar-refractivity contribution in [3.05, 3.63) is 113 Å². The summed E-state index contributed by atoms with van der Waals surface area (Å²) < 4.78 is 1.44. The predicted octanol–water partition coefficient (Wildman–Crippen LogP) is 2.53. The van der Waals surface area contributed by atoms with Gasteiger partial charge in [-0.1, -0.05) is 0 Å². The molecule has 3 unspecified atom stereocenters. The number of hydrogen-bond donors (Lipinski definition) is 0. The first-order valence-electron chi connectivity index (χ1n) is 13.8. The Morgan fingerprint density at radius 3 is 1.65 bits per heavy atom. The van der Waals surface area contributed by atoms with Crippen molar-refractivity contribution in [2.45, 2.75) is 65.3 Å². The van der Waals surface area contributed by atoms with E-state index in [1.54, 1.807) is 16.3 Å². The summed E-state index contributed by atoms with van der Waals surface area (Å²) in [6.07, 6.45) is 20.0. The molecule has 0 fully saturated rings. The van der Waals surface area contributed by atoms with Crippen LogP contribution in [-0.2, 0) is 20.6 Å². The van der Waals surface area contributed by atoms with Crippen molar-refractivity contribution in [1.82, 2.24) is 0 Å². The summed E-state index contributed by atoms with van der Waals surface area (Å²) in [6.45, 7) is 2.31. The van der Waals surface area contributed by atoms with Crippen molar-refractivity contribution < 1.29 is 45.4 Å². The summed E-state index contributed by atoms with van der Waals surface area (Å²) >= 11 is -2.28. The predicted molar refractivity (Wildman–Crippen MR) is 152 cm³/mol. The van der Waals surface area contributed by atoms with Crippen molar-refractivity contribution in [2.24, 2.45) is 0 Å². The number of rotatable bonds is 12. The van der Waals surface area contributed by atoms with Crippen molar-refractivity contribution in [3.8, 4) is 0 Å². The van der Waals surface area contributed by atoms with Gasteiger partial charge >= 0.3 is 222 Å². The minimum absolute atomic E-state index is 0. The fraction of sp³-hybridized carbons (Fsp3) is 0.333. The maximum atomic E-state index is 2.63. The third-order valence-corrected chi connectivity index (χ3v) is 41.0. The Bertz CT molecular complexity index is 1100. The number of fused-ring (bicyclic) bond motifs is 2. The van der Waals surface area contributed by atoms with Crippen LogP contribution in [0.25, 0.3) is 12.2 Å². The third-order valence-electron chi connectivity index (χ3n) is 8.02. The zero-order valence-electron chi connectivity index (χ0n) is 22.0. The molecule has 0 saturated carbocycles. The van der Waals surface area contributed by atoms with E-state index in [0.717, 1.165) is 7.35 Å². The average Bonchev–Trinajstić information content (AvgIpc) is 3.53. The van der Waals surface area contributed by atoms with Gasteiger partial charge in [-0.25, -0.2) is 0 Å². The summed E-state index contributed by atoms with van der Waals surface area (Å²) in [5, 5.41) is 1.75. The molecule has 5 rings (SSSR count). The molecule has 3 aromatic rings. The Balaban J connectivity index is 0.00000190. The first-order valence-corrected chi connectivity index (χ1v) is 26.2. The maximum absolute atomic E-state index is 2.63. The van der Waals surface area contributed by atoms with Crippen LogP contribution in [0.4, 0.5) is 0 Å². The van der Waals surface area contributed by atoms with Gasteiger partial charge in [0.25, 0.3) is 0 Å². The minimum atomic E-state index is -2.28. The standard InChI is InChI=1S/C15H25Si.2C9H7.2ClH.Hf/c1-2-3-4-5-6-7-11-14-16-15-12-9-8-10-13-15;2*1-2-5-9-7-3-6-8(9)4-1;;;/h8-10,12-13,16H,2-7,11,14H2,1H3;2*1-7H;2*1H;/q;;;;;+2/p-2. The van der Waals surface area contributed by atoms with Crippen molar-refractivity contribution in [2.75, 3.05) is 0 Å². The van der Waals surface area contributed by atoms with Crippen LogP contribution >= 0.6 is 0 Å². The summed E-state index contributed by atoms with van der Waals surface area (Å²) in [4.78, 5) is 0. The fourth-order valence-corrected chi connectivity index (χ4v) is 43.8. The Morgan fingerprint density at radius 2 is 1.08 bits per heavy atom. The summed E-state index contributed by atoms with van der Waals surface area (Å²) in [5.41, 5.74) is 6.24. The van der Waals surface area contributed by atoms with Gasteiger partial charge in [0.15, 0.2) is 0 Å². The Morgan fingerprint density at radius 1 is 0.595 bits per heavy atom. The molecule has 0 spiro atoms. The maximum Gasteiger partial charge on any atom is -1.00 e. The molecule has 0 nitrogen and oxygen atoms in total. The largest absolute Gasteiger partial charge is 1.00 e. The fourth-order valence-electron chi connectivity index (χ4n) is 6.22. The summed E-state index contributed by atoms with van der Waals surface area (Å²) in [7, 11) is 0. The first kappa shape index (κ1) is 30.3. The van der Waals surface area contributed by atoms with Gasteiger partial charge in [-0.2, -0.15) is 0 Å². The molecule has 2 aliphatic carbocycles. The number of unbranched alkanes of at least 4 members (excludes halogenated alkanes) is 6. The van der Waals surface area contributed by atoms with Crippen LogP contribution in [0.15, 0.2) is 91.0 Å². The SMILES string of the molecule is CCCCCCCCC[SiH](c1ccccc1)[Hf+2]([CH]1C=Cc2ccccc21)[CH]1C=Cc2ccccc21.[Cl-].[Cl-]. The van der Waals surface area contributed by atoms with E-state index in [2.05, 4.69) is 110 Å². The molecule has 0 N–H and O–H groups in total. The molecule has 0 amide bonds. The van der Waals surface area contributed by atoms with Crippen LogP contribution in [0, 0.1) is 0 Å². The van der Waals surface area contributed by atoms with Crippen LogP contribution in [0.5, 0.6) is 0 Å². The number of benzene rings is 3. The minimum Gasteiger partial charge on any atom is -1.00 e. The van der Waals surface area contributed by atoms with Gasteiger partial charge in [-0.05, 0) is 0 Å². The Hall–Kier alpha value is -1.19. The second-order valence-electron chi connectivity index (χ2n) is 10.3. The summed E-state index contributed by atoms with van der Waals surface area (Å²) in [6, 6.07) is 31.9. The molecule has 3 aromatic carbocycles. The molecule has 2 aliphatic rings. The second-order valence-corrected chi connectivity index (χ2v) is 33.7. The zero-order chi connectivity index (χ0) is 23.9. The number of halogens is 2. The van der Waals surface area contributed by atoms with Gasteiger partial charge in [0.1, 0.15) is 0 Å². The van der Waals surface area contributed by atoms with E-state index in [0.29, 0.717) is 0 Å². The van der Waals surface area contributed by atoms with E-state index in [1.807, 2.05) is 0 Å². The quantitative estimate of drug-likeness (QED) is 0.200. The molecular formula is C33H39Cl2HfSi. The molecule has 0 radical (unpaired) electrons. The van der Waals surface area contributed by atoms with Crippen LogP contribution in [0.2, 0.25) is 6.04 Å². The molecule has 0 aliphatic heterocycles. The van der Waals surface area contributed by atoms with Gasteiger partial charge in [0.05, 0.1) is 0 Å². The Kier molecular flexibility index (Phi) is 12.6. The van der Waals surface area contributed by atoms with E-state index in [4.69, 9.17) is 0 Å². The summed E-state index contributed by atoms with van der Waals surface area (Å²) in [5.74, 6) is -1.09. The normalized spacial score (nSPS) is 17.4. The molecule has 0 heterocycles. The molecule has 0 aromatic heterocycles. The van der Waals surface area contributed by atoms with E-state index < -0.39 is 26.6 Å². The zero-order valence-corrected chi connectivity index (χ0v) is 28.2. The molecular weight excluding hydrogens is 674 g/mol. The smallest absolute Gasteiger partial charge is 1.00 e. The van der Waals surface area contributed by atoms with Crippen LogP contribution < -0.4 is 30.0 Å². The van der Waals surface area contributed by atoms with Crippen molar-refractivity contribution >= 4 is 23.3 Å². The van der Waals surface area contributed by atoms with Crippen LogP contribution in [-0.4, -0.2) is 5.98 Å². The average molecular weight is 713 g/mol. The molecule has 3 atom stereocenters. The first-order chi connectivity index (χ1) is 17.4. The van der Waals surface area contributed by atoms with E-state index in [9.17, 15) is 0 Å². The van der Waals surface area contributed by atoms with Crippen molar-refractivity contribution in [1.29, 1.82) is 0 Å². The van der Waals surface area contributed by atoms with Gasteiger partial charge in [0, 0.05) is 0 Å². The van der Waals surface area contributed by atoms with Crippen LogP contribution in [0.1, 0.15) is 81.5 Å². The van der Waals surface area contributed by atoms with Crippen molar-refractivity contribution in [3.63, 3.8) is 0 Å². The topological polar surface area (TPSA) is 0 Å². The number of allylic oxidation sites excluding steroid dienone is 2. The second kappa shape index (κ2) is 15.4. The monoisotopic (exact) mass is 713 g/mol. The van der Waals surface area contributed by atoms with Crippen LogP contribution in [0.3, 0.4) is 0 Å². The molecule has 37 heavy (non-hydrogen) atoms. The molecule has 0 saturated heterocycles.